The Morgan fingerprint density at radius 2 is 1.86 bits per heavy atom. The van der Waals surface area contributed by atoms with Gasteiger partial charge in [0.1, 0.15) is 5.82 Å². The molecule has 0 saturated carbocycles. The number of methoxy groups -OCH3 is 3. The molecule has 3 rings (SSSR count). The van der Waals surface area contributed by atoms with Gasteiger partial charge in [-0.05, 0) is 25.8 Å². The van der Waals surface area contributed by atoms with Gasteiger partial charge in [0.25, 0.3) is 0 Å². The van der Waals surface area contributed by atoms with E-state index in [4.69, 9.17) is 14.2 Å². The first kappa shape index (κ1) is 20.5. The molecule has 1 fully saturated rings. The molecule has 0 bridgehead atoms. The summed E-state index contributed by atoms with van der Waals surface area (Å²) in [5.41, 5.74) is 0.673. The number of carboxylic acids is 1. The second kappa shape index (κ2) is 8.85. The van der Waals surface area contributed by atoms with E-state index in [0.29, 0.717) is 47.7 Å². The van der Waals surface area contributed by atoms with Gasteiger partial charge in [0.2, 0.25) is 11.7 Å². The van der Waals surface area contributed by atoms with Crippen LogP contribution in [0.4, 0.5) is 17.5 Å². The molecule has 0 spiro atoms. The number of carboxylic acid groups (broad SMARTS) is 1. The Morgan fingerprint density at radius 1 is 1.17 bits per heavy atom. The van der Waals surface area contributed by atoms with Crippen LogP contribution in [0.1, 0.15) is 19.8 Å². The monoisotopic (exact) mass is 402 g/mol. The average Bonchev–Trinajstić information content (AvgIpc) is 2.73. The summed E-state index contributed by atoms with van der Waals surface area (Å²) in [6.45, 7) is 2.50. The van der Waals surface area contributed by atoms with Gasteiger partial charge in [-0.1, -0.05) is 0 Å². The minimum Gasteiger partial charge on any atom is -0.493 e. The van der Waals surface area contributed by atoms with Gasteiger partial charge in [-0.2, -0.15) is 4.98 Å². The van der Waals surface area contributed by atoms with Crippen molar-refractivity contribution in [3.8, 4) is 17.2 Å². The molecule has 1 aromatic heterocycles. The van der Waals surface area contributed by atoms with Gasteiger partial charge in [0, 0.05) is 36.6 Å². The number of aromatic nitrogens is 2. The van der Waals surface area contributed by atoms with Crippen molar-refractivity contribution in [3.63, 3.8) is 0 Å². The van der Waals surface area contributed by atoms with E-state index in [0.717, 1.165) is 6.42 Å². The number of rotatable bonds is 7. The fourth-order valence-electron chi connectivity index (χ4n) is 3.48. The number of aliphatic carboxylic acids is 1. The molecule has 1 saturated heterocycles. The maximum absolute atomic E-state index is 11.4. The highest BCUT2D eigenvalue weighted by molar-refractivity contribution is 5.71. The molecule has 9 heteroatoms. The molecule has 2 N–H and O–H groups in total. The third kappa shape index (κ3) is 4.44. The maximum atomic E-state index is 11.4. The molecule has 1 aromatic carbocycles. The number of nitrogens with one attached hydrogen (secondary N) is 1. The van der Waals surface area contributed by atoms with Crippen molar-refractivity contribution in [2.75, 3.05) is 38.1 Å². The molecule has 1 aliphatic heterocycles. The molecule has 9 nitrogen and oxygen atoms in total. The third-order valence-electron chi connectivity index (χ3n) is 5.09. The van der Waals surface area contributed by atoms with Crippen LogP contribution in [-0.2, 0) is 4.79 Å². The lowest BCUT2D eigenvalue weighted by atomic mass is 9.93. The molecule has 0 aliphatic carbocycles. The first-order valence-electron chi connectivity index (χ1n) is 9.36. The average molecular weight is 402 g/mol. The molecule has 29 heavy (non-hydrogen) atoms. The summed E-state index contributed by atoms with van der Waals surface area (Å²) in [5, 5.41) is 12.5. The van der Waals surface area contributed by atoms with Crippen molar-refractivity contribution >= 4 is 23.4 Å². The van der Waals surface area contributed by atoms with E-state index in [2.05, 4.69) is 22.2 Å². The van der Waals surface area contributed by atoms with Crippen LogP contribution in [-0.4, -0.2) is 55.0 Å². The van der Waals surface area contributed by atoms with Crippen molar-refractivity contribution in [2.24, 2.45) is 5.92 Å². The lowest BCUT2D eigenvalue weighted by molar-refractivity contribution is -0.142. The summed E-state index contributed by atoms with van der Waals surface area (Å²) in [5.74, 6) is 1.44. The highest BCUT2D eigenvalue weighted by Crippen LogP contribution is 2.40. The fraction of sp³-hybridized carbons (Fsp3) is 0.450. The second-order valence-corrected chi connectivity index (χ2v) is 6.89. The van der Waals surface area contributed by atoms with E-state index in [-0.39, 0.29) is 6.04 Å². The topological polar surface area (TPSA) is 106 Å². The molecule has 156 valence electrons. The highest BCUT2D eigenvalue weighted by atomic mass is 16.5. The number of hydrogen-bond donors (Lipinski definition) is 2. The minimum atomic E-state index is -0.772. The van der Waals surface area contributed by atoms with Crippen LogP contribution < -0.4 is 24.4 Å². The smallest absolute Gasteiger partial charge is 0.308 e. The van der Waals surface area contributed by atoms with Crippen molar-refractivity contribution in [2.45, 2.75) is 25.8 Å². The zero-order chi connectivity index (χ0) is 21.0. The van der Waals surface area contributed by atoms with Gasteiger partial charge in [-0.15, -0.1) is 0 Å². The first-order valence-corrected chi connectivity index (χ1v) is 9.36. The van der Waals surface area contributed by atoms with Gasteiger partial charge in [0.05, 0.1) is 27.2 Å². The van der Waals surface area contributed by atoms with E-state index in [1.807, 2.05) is 4.90 Å². The summed E-state index contributed by atoms with van der Waals surface area (Å²) < 4.78 is 16.1. The summed E-state index contributed by atoms with van der Waals surface area (Å²) in [4.78, 5) is 22.3. The van der Waals surface area contributed by atoms with Crippen molar-refractivity contribution < 1.29 is 24.1 Å². The molecule has 0 amide bonds. The van der Waals surface area contributed by atoms with E-state index in [9.17, 15) is 9.90 Å². The normalized spacial score (nSPS) is 18.8. The fourth-order valence-corrected chi connectivity index (χ4v) is 3.48. The van der Waals surface area contributed by atoms with E-state index < -0.39 is 11.9 Å². The molecule has 2 aromatic rings. The quantitative estimate of drug-likeness (QED) is 0.723. The van der Waals surface area contributed by atoms with E-state index in [1.165, 1.54) is 0 Å². The van der Waals surface area contributed by atoms with E-state index in [1.54, 1.807) is 45.7 Å². The van der Waals surface area contributed by atoms with E-state index >= 15 is 0 Å². The molecule has 1 aliphatic rings. The second-order valence-electron chi connectivity index (χ2n) is 6.89. The van der Waals surface area contributed by atoms with Crippen LogP contribution in [0.15, 0.2) is 24.4 Å². The summed E-state index contributed by atoms with van der Waals surface area (Å²) in [6, 6.07) is 5.53. The van der Waals surface area contributed by atoms with Crippen molar-refractivity contribution in [1.29, 1.82) is 0 Å². The zero-order valence-corrected chi connectivity index (χ0v) is 17.0. The molecule has 0 radical (unpaired) electrons. The van der Waals surface area contributed by atoms with Crippen LogP contribution >= 0.6 is 0 Å². The Hall–Kier alpha value is -3.23. The molecular formula is C20H26N4O5. The summed E-state index contributed by atoms with van der Waals surface area (Å²) >= 11 is 0. The number of carbonyl (C=O) groups is 1. The van der Waals surface area contributed by atoms with Crippen molar-refractivity contribution in [1.82, 2.24) is 9.97 Å². The number of piperidine rings is 1. The highest BCUT2D eigenvalue weighted by Gasteiger charge is 2.30. The first-order chi connectivity index (χ1) is 14.0. The predicted molar refractivity (Wildman–Crippen MR) is 109 cm³/mol. The Balaban J connectivity index is 1.86. The Bertz CT molecular complexity index is 851. The lowest BCUT2D eigenvalue weighted by Gasteiger charge is -2.37. The predicted octanol–water partition coefficient (Wildman–Crippen LogP) is 2.94. The molecule has 2 atom stereocenters. The number of hydrogen-bond acceptors (Lipinski definition) is 8. The number of ether oxygens (including phenoxy) is 3. The van der Waals surface area contributed by atoms with Gasteiger partial charge in [-0.3, -0.25) is 4.79 Å². The van der Waals surface area contributed by atoms with Crippen LogP contribution in [0.25, 0.3) is 0 Å². The van der Waals surface area contributed by atoms with Gasteiger partial charge < -0.3 is 29.5 Å². The third-order valence-corrected chi connectivity index (χ3v) is 5.09. The molecular weight excluding hydrogens is 376 g/mol. The van der Waals surface area contributed by atoms with Gasteiger partial charge in [0.15, 0.2) is 11.5 Å². The van der Waals surface area contributed by atoms with Crippen LogP contribution in [0.3, 0.4) is 0 Å². The zero-order valence-electron chi connectivity index (χ0n) is 17.0. The maximum Gasteiger partial charge on any atom is 0.308 e. The van der Waals surface area contributed by atoms with Gasteiger partial charge >= 0.3 is 5.97 Å². The van der Waals surface area contributed by atoms with Gasteiger partial charge in [-0.25, -0.2) is 4.98 Å². The Kier molecular flexibility index (Phi) is 6.26. The molecule has 2 heterocycles. The van der Waals surface area contributed by atoms with Crippen LogP contribution in [0.2, 0.25) is 0 Å². The standard InChI is InChI=1S/C20H26N4O5/c1-12-5-6-13(19(25)26)11-24(12)17-7-8-21-20(23-17)22-14-9-15(27-2)18(29-4)16(10-14)28-3/h7-10,12-13H,5-6,11H2,1-4H3,(H,25,26)(H,21,22,23). The Morgan fingerprint density at radius 3 is 2.45 bits per heavy atom. The largest absolute Gasteiger partial charge is 0.493 e. The number of benzene rings is 1. The van der Waals surface area contributed by atoms with Crippen LogP contribution in [0.5, 0.6) is 17.2 Å². The summed E-state index contributed by atoms with van der Waals surface area (Å²) in [6.07, 6.45) is 3.13. The lowest BCUT2D eigenvalue weighted by Crippen LogP contribution is -2.44. The molecule has 2 unspecified atom stereocenters. The van der Waals surface area contributed by atoms with Crippen molar-refractivity contribution in [3.05, 3.63) is 24.4 Å². The summed E-state index contributed by atoms with van der Waals surface area (Å²) in [7, 11) is 4.65. The van der Waals surface area contributed by atoms with Crippen LogP contribution in [0, 0.1) is 5.92 Å². The SMILES string of the molecule is COc1cc(Nc2nccc(N3CC(C(=O)O)CCC3C)n2)cc(OC)c1OC. The Labute approximate surface area is 169 Å². The number of nitrogens with zero attached hydrogens (tertiary/aromatic N) is 3. The number of anilines is 3. The minimum absolute atomic E-state index is 0.203.